The lowest BCUT2D eigenvalue weighted by Crippen LogP contribution is -2.33. The lowest BCUT2D eigenvalue weighted by atomic mass is 9.98. The minimum Gasteiger partial charge on any atom is -0.0843 e. The third-order valence-electron chi connectivity index (χ3n) is 6.50. The van der Waals surface area contributed by atoms with Crippen molar-refractivity contribution in [2.75, 3.05) is 6.16 Å². The molecule has 0 spiro atoms. The first-order valence-electron chi connectivity index (χ1n) is 12.0. The highest BCUT2D eigenvalue weighted by Gasteiger charge is 2.46. The summed E-state index contributed by atoms with van der Waals surface area (Å²) in [6, 6.07) is 48.9. The summed E-state index contributed by atoms with van der Waals surface area (Å²) in [5, 5.41) is 5.47. The van der Waals surface area contributed by atoms with Gasteiger partial charge in [0.15, 0.2) is 0 Å². The Morgan fingerprint density at radius 1 is 0.486 bits per heavy atom. The quantitative estimate of drug-likeness (QED) is 0.163. The minimum atomic E-state index is -2.08. The first kappa shape index (κ1) is 26.0. The zero-order valence-electron chi connectivity index (χ0n) is 20.1. The fourth-order valence-corrected chi connectivity index (χ4v) is 10.7. The summed E-state index contributed by atoms with van der Waals surface area (Å²) in [7, 11) is -2.08. The minimum absolute atomic E-state index is 0.718. The van der Waals surface area contributed by atoms with Crippen LogP contribution in [0.5, 0.6) is 0 Å². The van der Waals surface area contributed by atoms with Crippen molar-refractivity contribution in [2.24, 2.45) is 0 Å². The standard InChI is InChI=1S/C33H25BrCl2P/c34-32(33(25-16-20-27(35)21-17-25)26-18-22-28(36)23-19-26)24-37(29-10-4-1-5-11-29,30-12-6-2-7-13-30)31-14-8-3-9-15-31/h1-23H,24H2/q+1. The summed E-state index contributed by atoms with van der Waals surface area (Å²) >= 11 is 16.7. The Balaban J connectivity index is 1.79. The van der Waals surface area contributed by atoms with Crippen LogP contribution < -0.4 is 15.9 Å². The fraction of sp³-hybridized carbons (Fsp3) is 0.0303. The molecule has 5 aromatic carbocycles. The molecule has 0 radical (unpaired) electrons. The molecule has 0 aliphatic rings. The van der Waals surface area contributed by atoms with E-state index < -0.39 is 7.26 Å². The molecule has 0 fully saturated rings. The maximum Gasteiger partial charge on any atom is 0.117 e. The zero-order valence-corrected chi connectivity index (χ0v) is 24.1. The summed E-state index contributed by atoms with van der Waals surface area (Å²) in [5.74, 6) is 0. The van der Waals surface area contributed by atoms with E-state index in [4.69, 9.17) is 23.2 Å². The molecule has 0 amide bonds. The summed E-state index contributed by atoms with van der Waals surface area (Å²) in [5.41, 5.74) is 3.34. The first-order valence-corrected chi connectivity index (χ1v) is 15.6. The second-order valence-corrected chi connectivity index (χ2v) is 14.1. The van der Waals surface area contributed by atoms with Gasteiger partial charge in [0.05, 0.1) is 0 Å². The highest BCUT2D eigenvalue weighted by Crippen LogP contribution is 2.58. The highest BCUT2D eigenvalue weighted by molar-refractivity contribution is 9.12. The van der Waals surface area contributed by atoms with Crippen LogP contribution in [0.25, 0.3) is 5.57 Å². The van der Waals surface area contributed by atoms with Crippen LogP contribution in [0.3, 0.4) is 0 Å². The predicted molar refractivity (Wildman–Crippen MR) is 168 cm³/mol. The van der Waals surface area contributed by atoms with E-state index in [-0.39, 0.29) is 0 Å². The Bertz CT molecular complexity index is 1340. The lowest BCUT2D eigenvalue weighted by molar-refractivity contribution is 1.51. The van der Waals surface area contributed by atoms with E-state index in [0.717, 1.165) is 37.4 Å². The summed E-state index contributed by atoms with van der Waals surface area (Å²) < 4.78 is 1.14. The molecule has 37 heavy (non-hydrogen) atoms. The van der Waals surface area contributed by atoms with Gasteiger partial charge in [-0.3, -0.25) is 0 Å². The van der Waals surface area contributed by atoms with Gasteiger partial charge in [0.25, 0.3) is 0 Å². The molecule has 0 atom stereocenters. The average molecular weight is 603 g/mol. The number of hydrogen-bond acceptors (Lipinski definition) is 0. The van der Waals surface area contributed by atoms with Crippen molar-refractivity contribution >= 4 is 67.9 Å². The van der Waals surface area contributed by atoms with E-state index in [1.807, 2.05) is 24.3 Å². The molecule has 0 nitrogen and oxygen atoms in total. The number of hydrogen-bond donors (Lipinski definition) is 0. The molecule has 0 aliphatic carbocycles. The van der Waals surface area contributed by atoms with Crippen molar-refractivity contribution in [3.05, 3.63) is 165 Å². The van der Waals surface area contributed by atoms with E-state index in [1.165, 1.54) is 15.9 Å². The van der Waals surface area contributed by atoms with Crippen molar-refractivity contribution in [3.8, 4) is 0 Å². The van der Waals surface area contributed by atoms with Crippen molar-refractivity contribution in [1.82, 2.24) is 0 Å². The van der Waals surface area contributed by atoms with E-state index in [2.05, 4.69) is 131 Å². The smallest absolute Gasteiger partial charge is 0.0843 e. The molecule has 5 aromatic rings. The van der Waals surface area contributed by atoms with E-state index >= 15 is 0 Å². The Kier molecular flexibility index (Phi) is 8.28. The molecule has 0 aromatic heterocycles. The first-order chi connectivity index (χ1) is 18.1. The predicted octanol–water partition coefficient (Wildman–Crippen LogP) is 9.14. The van der Waals surface area contributed by atoms with Crippen molar-refractivity contribution < 1.29 is 0 Å². The number of allylic oxidation sites excluding steroid dienone is 1. The summed E-state index contributed by atoms with van der Waals surface area (Å²) in [6.45, 7) is 0. The Hall–Kier alpha value is -2.67. The monoisotopic (exact) mass is 601 g/mol. The average Bonchev–Trinajstić information content (AvgIpc) is 2.95. The van der Waals surface area contributed by atoms with Crippen LogP contribution in [-0.4, -0.2) is 6.16 Å². The van der Waals surface area contributed by atoms with Crippen LogP contribution in [-0.2, 0) is 0 Å². The Morgan fingerprint density at radius 3 is 1.14 bits per heavy atom. The van der Waals surface area contributed by atoms with E-state index in [1.54, 1.807) is 0 Å². The van der Waals surface area contributed by atoms with E-state index in [0.29, 0.717) is 0 Å². The summed E-state index contributed by atoms with van der Waals surface area (Å²) in [6.07, 6.45) is 0.825. The molecular formula is C33H25BrCl2P+. The van der Waals surface area contributed by atoms with Crippen molar-refractivity contribution in [2.45, 2.75) is 0 Å². The Morgan fingerprint density at radius 2 is 0.811 bits per heavy atom. The largest absolute Gasteiger partial charge is 0.117 e. The molecule has 0 aliphatic heterocycles. The van der Waals surface area contributed by atoms with Crippen LogP contribution >= 0.6 is 46.4 Å². The topological polar surface area (TPSA) is 0 Å². The van der Waals surface area contributed by atoms with Crippen LogP contribution in [0, 0.1) is 0 Å². The molecule has 0 N–H and O–H groups in total. The SMILES string of the molecule is Clc1ccc(C(=C(Br)C[P+](c2ccccc2)(c2ccccc2)c2ccccc2)c2ccc(Cl)cc2)cc1. The number of rotatable bonds is 7. The van der Waals surface area contributed by atoms with Gasteiger partial charge in [-0.05, 0) is 71.8 Å². The maximum absolute atomic E-state index is 6.27. The van der Waals surface area contributed by atoms with Gasteiger partial charge in [0.1, 0.15) is 29.3 Å². The van der Waals surface area contributed by atoms with Gasteiger partial charge in [-0.15, -0.1) is 0 Å². The van der Waals surface area contributed by atoms with Crippen LogP contribution in [0.15, 0.2) is 144 Å². The van der Waals surface area contributed by atoms with Gasteiger partial charge in [-0.2, -0.15) is 0 Å². The van der Waals surface area contributed by atoms with Gasteiger partial charge in [0, 0.05) is 20.1 Å². The van der Waals surface area contributed by atoms with E-state index in [9.17, 15) is 0 Å². The number of benzene rings is 5. The second kappa shape index (κ2) is 11.8. The van der Waals surface area contributed by atoms with Crippen LogP contribution in [0.2, 0.25) is 10.0 Å². The molecular weight excluding hydrogens is 578 g/mol. The third kappa shape index (κ3) is 5.62. The molecule has 5 rings (SSSR count). The fourth-order valence-electron chi connectivity index (χ4n) is 4.77. The van der Waals surface area contributed by atoms with Crippen LogP contribution in [0.4, 0.5) is 0 Å². The lowest BCUT2D eigenvalue weighted by Gasteiger charge is -2.28. The van der Waals surface area contributed by atoms with Gasteiger partial charge in [-0.1, -0.05) is 118 Å². The zero-order chi connectivity index (χ0) is 25.7. The molecule has 0 bridgehead atoms. The molecule has 0 unspecified atom stereocenters. The Labute approximate surface area is 238 Å². The number of halogens is 3. The third-order valence-corrected chi connectivity index (χ3v) is 12.4. The molecule has 4 heteroatoms. The van der Waals surface area contributed by atoms with Crippen molar-refractivity contribution in [1.29, 1.82) is 0 Å². The molecule has 0 saturated carbocycles. The maximum atomic E-state index is 6.27. The second-order valence-electron chi connectivity index (χ2n) is 8.77. The van der Waals surface area contributed by atoms with Crippen molar-refractivity contribution in [3.63, 3.8) is 0 Å². The normalized spacial score (nSPS) is 11.2. The molecule has 182 valence electrons. The molecule has 0 saturated heterocycles. The van der Waals surface area contributed by atoms with Gasteiger partial charge in [0.2, 0.25) is 0 Å². The van der Waals surface area contributed by atoms with Gasteiger partial charge in [-0.25, -0.2) is 0 Å². The van der Waals surface area contributed by atoms with Gasteiger partial charge < -0.3 is 0 Å². The highest BCUT2D eigenvalue weighted by atomic mass is 79.9. The molecule has 0 heterocycles. The van der Waals surface area contributed by atoms with Crippen LogP contribution in [0.1, 0.15) is 11.1 Å². The summed E-state index contributed by atoms with van der Waals surface area (Å²) in [4.78, 5) is 0. The van der Waals surface area contributed by atoms with Gasteiger partial charge >= 0.3 is 0 Å².